The molecule has 3 N–H and O–H groups in total. The highest BCUT2D eigenvalue weighted by Gasteiger charge is 2.14. The second-order valence-corrected chi connectivity index (χ2v) is 5.01. The standard InChI is InChI=1S/C13H23N5O/c1-10-12(11(2)17-16-10)13(19)15-4-3-7-18-8-5-14-6-9-18/h14H,3-9H2,1-2H3,(H,15,19)(H,16,17). The van der Waals surface area contributed by atoms with E-state index < -0.39 is 0 Å². The van der Waals surface area contributed by atoms with Gasteiger partial charge in [0, 0.05) is 38.4 Å². The molecule has 2 heterocycles. The summed E-state index contributed by atoms with van der Waals surface area (Å²) in [4.78, 5) is 14.4. The maximum atomic E-state index is 12.0. The average molecular weight is 265 g/mol. The molecule has 106 valence electrons. The molecular weight excluding hydrogens is 242 g/mol. The lowest BCUT2D eigenvalue weighted by molar-refractivity contribution is 0.0950. The van der Waals surface area contributed by atoms with Gasteiger partial charge in [-0.3, -0.25) is 9.89 Å². The first-order valence-corrected chi connectivity index (χ1v) is 6.91. The van der Waals surface area contributed by atoms with Gasteiger partial charge in [0.1, 0.15) is 0 Å². The molecule has 0 unspecified atom stereocenters. The van der Waals surface area contributed by atoms with Crippen molar-refractivity contribution in [3.05, 3.63) is 17.0 Å². The number of nitrogens with one attached hydrogen (secondary N) is 3. The van der Waals surface area contributed by atoms with Crippen molar-refractivity contribution >= 4 is 5.91 Å². The third-order valence-corrected chi connectivity index (χ3v) is 3.50. The Morgan fingerprint density at radius 3 is 2.74 bits per heavy atom. The number of aromatic nitrogens is 2. The molecule has 1 saturated heterocycles. The fourth-order valence-electron chi connectivity index (χ4n) is 2.41. The zero-order valence-corrected chi connectivity index (χ0v) is 11.8. The lowest BCUT2D eigenvalue weighted by atomic mass is 10.2. The van der Waals surface area contributed by atoms with Crippen LogP contribution in [-0.4, -0.2) is 60.3 Å². The van der Waals surface area contributed by atoms with E-state index in [-0.39, 0.29) is 5.91 Å². The van der Waals surface area contributed by atoms with Crippen LogP contribution in [0.4, 0.5) is 0 Å². The van der Waals surface area contributed by atoms with Gasteiger partial charge in [0.05, 0.1) is 11.3 Å². The van der Waals surface area contributed by atoms with E-state index in [2.05, 4.69) is 25.7 Å². The molecule has 1 aliphatic rings. The van der Waals surface area contributed by atoms with Gasteiger partial charge < -0.3 is 15.5 Å². The maximum absolute atomic E-state index is 12.0. The van der Waals surface area contributed by atoms with Gasteiger partial charge in [0.25, 0.3) is 5.91 Å². The van der Waals surface area contributed by atoms with Crippen LogP contribution < -0.4 is 10.6 Å². The third kappa shape index (κ3) is 3.78. The van der Waals surface area contributed by atoms with Crippen molar-refractivity contribution in [1.82, 2.24) is 25.7 Å². The molecule has 0 spiro atoms. The van der Waals surface area contributed by atoms with Crippen molar-refractivity contribution in [2.45, 2.75) is 20.3 Å². The van der Waals surface area contributed by atoms with Gasteiger partial charge in [0.15, 0.2) is 0 Å². The van der Waals surface area contributed by atoms with Crippen LogP contribution >= 0.6 is 0 Å². The maximum Gasteiger partial charge on any atom is 0.255 e. The van der Waals surface area contributed by atoms with Crippen molar-refractivity contribution in [2.24, 2.45) is 0 Å². The van der Waals surface area contributed by atoms with Gasteiger partial charge in [0.2, 0.25) is 0 Å². The minimum atomic E-state index is -0.0240. The van der Waals surface area contributed by atoms with Crippen molar-refractivity contribution < 1.29 is 4.79 Å². The molecule has 2 rings (SSSR count). The van der Waals surface area contributed by atoms with Gasteiger partial charge in [-0.1, -0.05) is 0 Å². The topological polar surface area (TPSA) is 73.0 Å². The molecule has 1 aromatic heterocycles. The number of carbonyl (C=O) groups excluding carboxylic acids is 1. The van der Waals surface area contributed by atoms with Gasteiger partial charge >= 0.3 is 0 Å². The van der Waals surface area contributed by atoms with E-state index in [1.807, 2.05) is 13.8 Å². The summed E-state index contributed by atoms with van der Waals surface area (Å²) in [7, 11) is 0. The summed E-state index contributed by atoms with van der Waals surface area (Å²) in [6.07, 6.45) is 0.988. The number of aromatic amines is 1. The predicted octanol–water partition coefficient (Wildman–Crippen LogP) is 0.0516. The molecular formula is C13H23N5O. The Morgan fingerprint density at radius 1 is 1.37 bits per heavy atom. The summed E-state index contributed by atoms with van der Waals surface area (Å²) in [5, 5.41) is 13.2. The number of hydrogen-bond acceptors (Lipinski definition) is 4. The number of hydrogen-bond donors (Lipinski definition) is 3. The van der Waals surface area contributed by atoms with Gasteiger partial charge in [-0.2, -0.15) is 5.10 Å². The summed E-state index contributed by atoms with van der Waals surface area (Å²) in [5.74, 6) is -0.0240. The van der Waals surface area contributed by atoms with E-state index in [9.17, 15) is 4.79 Å². The van der Waals surface area contributed by atoms with Crippen LogP contribution in [0.5, 0.6) is 0 Å². The smallest absolute Gasteiger partial charge is 0.255 e. The average Bonchev–Trinajstić information content (AvgIpc) is 2.75. The third-order valence-electron chi connectivity index (χ3n) is 3.50. The SMILES string of the molecule is Cc1n[nH]c(C)c1C(=O)NCCCN1CCNCC1. The Hall–Kier alpha value is -1.40. The number of piperazine rings is 1. The lowest BCUT2D eigenvalue weighted by Gasteiger charge is -2.27. The molecule has 0 saturated carbocycles. The van der Waals surface area contributed by atoms with Crippen molar-refractivity contribution in [1.29, 1.82) is 0 Å². The Kier molecular flexibility index (Phi) is 4.93. The first-order valence-electron chi connectivity index (χ1n) is 6.91. The molecule has 1 amide bonds. The zero-order chi connectivity index (χ0) is 13.7. The minimum Gasteiger partial charge on any atom is -0.352 e. The summed E-state index contributed by atoms with van der Waals surface area (Å²) in [6.45, 7) is 9.83. The van der Waals surface area contributed by atoms with E-state index in [0.717, 1.165) is 50.5 Å². The second-order valence-electron chi connectivity index (χ2n) is 5.01. The van der Waals surface area contributed by atoms with Gasteiger partial charge in [-0.05, 0) is 26.8 Å². The van der Waals surface area contributed by atoms with Crippen LogP contribution in [0.2, 0.25) is 0 Å². The fourth-order valence-corrected chi connectivity index (χ4v) is 2.41. The largest absolute Gasteiger partial charge is 0.352 e. The predicted molar refractivity (Wildman–Crippen MR) is 74.3 cm³/mol. The Bertz CT molecular complexity index is 403. The van der Waals surface area contributed by atoms with Crippen LogP contribution in [0.3, 0.4) is 0 Å². The lowest BCUT2D eigenvalue weighted by Crippen LogP contribution is -2.44. The number of nitrogens with zero attached hydrogens (tertiary/aromatic N) is 2. The normalized spacial score (nSPS) is 16.5. The number of rotatable bonds is 5. The second kappa shape index (κ2) is 6.68. The molecule has 0 bridgehead atoms. The van der Waals surface area contributed by atoms with Crippen LogP contribution in [0.1, 0.15) is 28.2 Å². The molecule has 0 atom stereocenters. The molecule has 6 nitrogen and oxygen atoms in total. The first kappa shape index (κ1) is 14.0. The number of aryl methyl sites for hydroxylation is 2. The van der Waals surface area contributed by atoms with Gasteiger partial charge in [-0.15, -0.1) is 0 Å². The minimum absolute atomic E-state index is 0.0240. The molecule has 0 radical (unpaired) electrons. The number of H-pyrrole nitrogens is 1. The Labute approximate surface area is 113 Å². The highest BCUT2D eigenvalue weighted by molar-refractivity contribution is 5.96. The van der Waals surface area contributed by atoms with E-state index >= 15 is 0 Å². The Morgan fingerprint density at radius 2 is 2.11 bits per heavy atom. The first-order chi connectivity index (χ1) is 9.18. The highest BCUT2D eigenvalue weighted by Crippen LogP contribution is 2.08. The summed E-state index contributed by atoms with van der Waals surface area (Å²) < 4.78 is 0. The summed E-state index contributed by atoms with van der Waals surface area (Å²) in [5.41, 5.74) is 2.27. The molecule has 6 heteroatoms. The quantitative estimate of drug-likeness (QED) is 0.658. The molecule has 1 aromatic rings. The molecule has 1 fully saturated rings. The molecule has 1 aliphatic heterocycles. The molecule has 19 heavy (non-hydrogen) atoms. The van der Waals surface area contributed by atoms with Crippen molar-refractivity contribution in [2.75, 3.05) is 39.3 Å². The van der Waals surface area contributed by atoms with E-state index in [1.165, 1.54) is 0 Å². The fraction of sp³-hybridized carbons (Fsp3) is 0.692. The van der Waals surface area contributed by atoms with E-state index in [4.69, 9.17) is 0 Å². The highest BCUT2D eigenvalue weighted by atomic mass is 16.1. The molecule has 0 aliphatic carbocycles. The van der Waals surface area contributed by atoms with E-state index in [0.29, 0.717) is 12.1 Å². The van der Waals surface area contributed by atoms with Crippen LogP contribution in [0, 0.1) is 13.8 Å². The summed E-state index contributed by atoms with van der Waals surface area (Å²) in [6, 6.07) is 0. The van der Waals surface area contributed by atoms with Crippen LogP contribution in [-0.2, 0) is 0 Å². The zero-order valence-electron chi connectivity index (χ0n) is 11.8. The Balaban J connectivity index is 1.69. The number of amides is 1. The van der Waals surface area contributed by atoms with Crippen LogP contribution in [0.25, 0.3) is 0 Å². The van der Waals surface area contributed by atoms with E-state index in [1.54, 1.807) is 0 Å². The van der Waals surface area contributed by atoms with Crippen LogP contribution in [0.15, 0.2) is 0 Å². The van der Waals surface area contributed by atoms with Crippen molar-refractivity contribution in [3.63, 3.8) is 0 Å². The molecule has 0 aromatic carbocycles. The van der Waals surface area contributed by atoms with Gasteiger partial charge in [-0.25, -0.2) is 0 Å². The monoisotopic (exact) mass is 265 g/mol. The number of carbonyl (C=O) groups is 1. The van der Waals surface area contributed by atoms with Crippen molar-refractivity contribution in [3.8, 4) is 0 Å². The summed E-state index contributed by atoms with van der Waals surface area (Å²) >= 11 is 0.